The summed E-state index contributed by atoms with van der Waals surface area (Å²) in [6.07, 6.45) is 0. The van der Waals surface area contributed by atoms with Gasteiger partial charge in [0.05, 0.1) is 22.1 Å². The van der Waals surface area contributed by atoms with Crippen molar-refractivity contribution in [3.05, 3.63) is 218 Å². The van der Waals surface area contributed by atoms with E-state index in [9.17, 15) is 0 Å². The van der Waals surface area contributed by atoms with E-state index in [0.717, 1.165) is 56.0 Å². The zero-order valence-electron chi connectivity index (χ0n) is 36.6. The van der Waals surface area contributed by atoms with Crippen LogP contribution in [-0.4, -0.2) is 19.1 Å². The quantitative estimate of drug-likeness (QED) is 0.156. The largest absolute Gasteiger partial charge is 0.327 e. The van der Waals surface area contributed by atoms with Crippen molar-refractivity contribution in [3.63, 3.8) is 0 Å². The Bertz CT molecular complexity index is 3810. The first-order valence-corrected chi connectivity index (χ1v) is 22.6. The Labute approximate surface area is 382 Å². The lowest BCUT2D eigenvalue weighted by Crippen LogP contribution is -1.95. The molecule has 0 saturated heterocycles. The molecule has 0 radical (unpaired) electrons. The Morgan fingerprint density at radius 2 is 0.621 bits per heavy atom. The van der Waals surface area contributed by atoms with Gasteiger partial charge in [-0.3, -0.25) is 0 Å². The van der Waals surface area contributed by atoms with Crippen LogP contribution < -0.4 is 0 Å². The lowest BCUT2D eigenvalue weighted by molar-refractivity contribution is 0.959. The van der Waals surface area contributed by atoms with Gasteiger partial charge in [0.15, 0.2) is 0 Å². The molecule has 0 atom stereocenters. The molecule has 0 N–H and O–H groups in total. The number of hydrogen-bond acceptors (Lipinski definition) is 2. The second kappa shape index (κ2) is 15.0. The molecule has 0 spiro atoms. The fourth-order valence-corrected chi connectivity index (χ4v) is 10.7. The van der Waals surface area contributed by atoms with Crippen LogP contribution in [0.1, 0.15) is 0 Å². The van der Waals surface area contributed by atoms with Crippen molar-refractivity contribution in [2.75, 3.05) is 0 Å². The topological polar surface area (TPSA) is 35.6 Å². The average Bonchev–Trinajstić information content (AvgIpc) is 3.90. The second-order valence-corrected chi connectivity index (χ2v) is 17.4. The van der Waals surface area contributed by atoms with E-state index in [1.165, 1.54) is 76.5 Å². The van der Waals surface area contributed by atoms with E-state index in [2.05, 4.69) is 242 Å². The van der Waals surface area contributed by atoms with Crippen LogP contribution in [0, 0.1) is 0 Å². The minimum Gasteiger partial charge on any atom is -0.327 e. The van der Waals surface area contributed by atoms with Crippen LogP contribution in [0.5, 0.6) is 0 Å². The van der Waals surface area contributed by atoms with Gasteiger partial charge in [0, 0.05) is 25.2 Å². The van der Waals surface area contributed by atoms with Crippen LogP contribution in [0.15, 0.2) is 218 Å². The summed E-state index contributed by atoms with van der Waals surface area (Å²) in [6, 6.07) is 79.4. The minimum atomic E-state index is 0.956. The van der Waals surface area contributed by atoms with Crippen molar-refractivity contribution in [3.8, 4) is 67.3 Å². The van der Waals surface area contributed by atoms with E-state index in [1.807, 2.05) is 0 Å². The number of nitrogens with zero attached hydrogens (tertiary/aromatic N) is 4. The molecule has 4 nitrogen and oxygen atoms in total. The highest BCUT2D eigenvalue weighted by atomic mass is 15.1. The van der Waals surface area contributed by atoms with Gasteiger partial charge in [0.2, 0.25) is 0 Å². The van der Waals surface area contributed by atoms with E-state index in [0.29, 0.717) is 0 Å². The number of fused-ring (bicyclic) bond motifs is 6. The normalized spacial score (nSPS) is 11.8. The Balaban J connectivity index is 1.13. The standard InChI is InChI=1S/C62H42N4/c1-65-56-36-42(32-34-54(56)63-61(65)40-20-8-4-9-21-40)44-28-16-30-50-52(44)38-53-45(43-33-35-55-57(37-43)66(2)62(64-55)41-22-10-5-11-23-41)29-17-31-51(53)60(50)59-48-26-14-12-24-46(48)58(39-18-6-3-7-19-39)47-25-13-15-27-49(47)59/h3-38H,1-2H3. The molecule has 310 valence electrons. The predicted molar refractivity (Wildman–Crippen MR) is 278 cm³/mol. The smallest absolute Gasteiger partial charge is 0.140 e. The first-order chi connectivity index (χ1) is 32.6. The van der Waals surface area contributed by atoms with Crippen LogP contribution in [0.4, 0.5) is 0 Å². The van der Waals surface area contributed by atoms with Gasteiger partial charge in [-0.2, -0.15) is 0 Å². The van der Waals surface area contributed by atoms with E-state index in [-0.39, 0.29) is 0 Å². The molecule has 4 heteroatoms. The lowest BCUT2D eigenvalue weighted by Gasteiger charge is -2.22. The molecular formula is C62H42N4. The fraction of sp³-hybridized carbons (Fsp3) is 0.0323. The highest BCUT2D eigenvalue weighted by Crippen LogP contribution is 2.50. The van der Waals surface area contributed by atoms with Gasteiger partial charge >= 0.3 is 0 Å². The highest BCUT2D eigenvalue weighted by Gasteiger charge is 2.23. The van der Waals surface area contributed by atoms with Crippen molar-refractivity contribution in [2.24, 2.45) is 14.1 Å². The molecule has 13 aromatic rings. The Kier molecular flexibility index (Phi) is 8.62. The molecule has 0 saturated carbocycles. The van der Waals surface area contributed by atoms with Crippen molar-refractivity contribution < 1.29 is 0 Å². The summed E-state index contributed by atoms with van der Waals surface area (Å²) in [5, 5.41) is 9.76. The third-order valence-electron chi connectivity index (χ3n) is 13.7. The molecule has 0 unspecified atom stereocenters. The maximum Gasteiger partial charge on any atom is 0.140 e. The maximum atomic E-state index is 5.11. The van der Waals surface area contributed by atoms with Gasteiger partial charge in [-0.05, 0) is 118 Å². The van der Waals surface area contributed by atoms with Crippen LogP contribution in [0.3, 0.4) is 0 Å². The third-order valence-corrected chi connectivity index (χ3v) is 13.7. The van der Waals surface area contributed by atoms with Gasteiger partial charge in [0.1, 0.15) is 11.6 Å². The molecule has 0 aliphatic heterocycles. The number of aromatic nitrogens is 4. The summed E-state index contributed by atoms with van der Waals surface area (Å²) in [7, 11) is 4.25. The van der Waals surface area contributed by atoms with Gasteiger partial charge in [0.25, 0.3) is 0 Å². The summed E-state index contributed by atoms with van der Waals surface area (Å²) in [4.78, 5) is 10.2. The molecule has 0 aliphatic rings. The first-order valence-electron chi connectivity index (χ1n) is 22.6. The van der Waals surface area contributed by atoms with Gasteiger partial charge < -0.3 is 9.13 Å². The molecule has 0 fully saturated rings. The average molecular weight is 843 g/mol. The summed E-state index contributed by atoms with van der Waals surface area (Å²) >= 11 is 0. The number of benzene rings is 11. The molecule has 13 rings (SSSR count). The highest BCUT2D eigenvalue weighted by molar-refractivity contribution is 6.29. The van der Waals surface area contributed by atoms with E-state index < -0.39 is 0 Å². The zero-order valence-corrected chi connectivity index (χ0v) is 36.6. The van der Waals surface area contributed by atoms with Crippen LogP contribution >= 0.6 is 0 Å². The molecular weight excluding hydrogens is 801 g/mol. The van der Waals surface area contributed by atoms with E-state index >= 15 is 0 Å². The maximum absolute atomic E-state index is 5.11. The van der Waals surface area contributed by atoms with E-state index in [1.54, 1.807) is 0 Å². The van der Waals surface area contributed by atoms with Crippen molar-refractivity contribution in [1.82, 2.24) is 19.1 Å². The molecule has 0 bridgehead atoms. The monoisotopic (exact) mass is 842 g/mol. The summed E-state index contributed by atoms with van der Waals surface area (Å²) < 4.78 is 4.45. The molecule has 11 aromatic carbocycles. The number of hydrogen-bond donors (Lipinski definition) is 0. The van der Waals surface area contributed by atoms with Crippen molar-refractivity contribution in [1.29, 1.82) is 0 Å². The SMILES string of the molecule is Cn1c(-c2ccccc2)nc2ccc(-c3cccc4c(-c5c6ccccc6c(-c6ccccc6)c6ccccc56)c5cccc(-c6ccc7nc(-c8ccccc8)n(C)c7c6)c5cc34)cc21. The van der Waals surface area contributed by atoms with E-state index in [4.69, 9.17) is 9.97 Å². The Hall–Kier alpha value is -8.60. The van der Waals surface area contributed by atoms with Gasteiger partial charge in [-0.25, -0.2) is 9.97 Å². The molecule has 2 heterocycles. The van der Waals surface area contributed by atoms with Gasteiger partial charge in [-0.15, -0.1) is 0 Å². The summed E-state index contributed by atoms with van der Waals surface area (Å²) in [5.74, 6) is 1.91. The summed E-state index contributed by atoms with van der Waals surface area (Å²) in [6.45, 7) is 0. The second-order valence-electron chi connectivity index (χ2n) is 17.4. The fourth-order valence-electron chi connectivity index (χ4n) is 10.7. The van der Waals surface area contributed by atoms with Crippen LogP contribution in [-0.2, 0) is 14.1 Å². The number of aryl methyl sites for hydroxylation is 2. The summed E-state index contributed by atoms with van der Waals surface area (Å²) in [5.41, 5.74) is 16.0. The van der Waals surface area contributed by atoms with Crippen LogP contribution in [0.2, 0.25) is 0 Å². The first kappa shape index (κ1) is 37.9. The minimum absolute atomic E-state index is 0.956. The van der Waals surface area contributed by atoms with Gasteiger partial charge in [-0.1, -0.05) is 188 Å². The van der Waals surface area contributed by atoms with Crippen molar-refractivity contribution >= 4 is 65.2 Å². The number of imidazole rings is 2. The van der Waals surface area contributed by atoms with Crippen LogP contribution in [0.25, 0.3) is 132 Å². The third kappa shape index (κ3) is 5.85. The molecule has 0 amide bonds. The number of rotatable bonds is 6. The molecule has 66 heavy (non-hydrogen) atoms. The molecule has 0 aliphatic carbocycles. The predicted octanol–water partition coefficient (Wildman–Crippen LogP) is 16.1. The zero-order chi connectivity index (χ0) is 43.9. The lowest BCUT2D eigenvalue weighted by atomic mass is 9.81. The Morgan fingerprint density at radius 3 is 1.05 bits per heavy atom. The molecule has 2 aromatic heterocycles. The van der Waals surface area contributed by atoms with Crippen molar-refractivity contribution in [2.45, 2.75) is 0 Å². The Morgan fingerprint density at radius 1 is 0.273 bits per heavy atom.